The molecule has 0 radical (unpaired) electrons. The van der Waals surface area contributed by atoms with Gasteiger partial charge < -0.3 is 10.0 Å². The molecule has 24 heavy (non-hydrogen) atoms. The lowest BCUT2D eigenvalue weighted by molar-refractivity contribution is 0.426. The molecule has 2 aromatic carbocycles. The van der Waals surface area contributed by atoms with Crippen molar-refractivity contribution in [1.82, 2.24) is 0 Å². The van der Waals surface area contributed by atoms with Crippen LogP contribution < -0.4 is 54.6 Å². The van der Waals surface area contributed by atoms with Crippen molar-refractivity contribution in [3.63, 3.8) is 0 Å². The SMILES string of the molecule is Bc1c(B)c(B)c(-c2c(B)c(B)c(B(O)O)c(B)c2B)c(B)c1B. The van der Waals surface area contributed by atoms with Gasteiger partial charge in [-0.05, 0) is 16.6 Å². The van der Waals surface area contributed by atoms with E-state index in [-0.39, 0.29) is 0 Å². The van der Waals surface area contributed by atoms with E-state index in [1.54, 1.807) is 0 Å². The van der Waals surface area contributed by atoms with E-state index in [0.717, 1.165) is 21.9 Å². The van der Waals surface area contributed by atoms with Gasteiger partial charge in [-0.3, -0.25) is 0 Å². The van der Waals surface area contributed by atoms with E-state index in [1.807, 2.05) is 15.7 Å². The van der Waals surface area contributed by atoms with Gasteiger partial charge in [-0.25, -0.2) is 0 Å². The Hall–Kier alpha value is -0.991. The number of hydrogen-bond acceptors (Lipinski definition) is 2. The maximum Gasteiger partial charge on any atom is 0.487 e. The van der Waals surface area contributed by atoms with Gasteiger partial charge in [0.1, 0.15) is 70.6 Å². The molecule has 0 bridgehead atoms. The molecule has 0 heterocycles. The molecule has 12 heteroatoms. The largest absolute Gasteiger partial charge is 0.487 e. The summed E-state index contributed by atoms with van der Waals surface area (Å²) in [5.74, 6) is 0. The average molecular weight is 304 g/mol. The first-order valence-corrected chi connectivity index (χ1v) is 8.56. The van der Waals surface area contributed by atoms with Gasteiger partial charge in [0.25, 0.3) is 0 Å². The van der Waals surface area contributed by atoms with Gasteiger partial charge in [0.2, 0.25) is 0 Å². The van der Waals surface area contributed by atoms with Gasteiger partial charge in [-0.2, -0.15) is 0 Å². The molecule has 0 amide bonds. The average Bonchev–Trinajstić information content (AvgIpc) is 2.52. The molecule has 0 aliphatic rings. The first kappa shape index (κ1) is 19.3. The minimum Gasteiger partial charge on any atom is -0.423 e. The molecule has 2 N–H and O–H groups in total. The van der Waals surface area contributed by atoms with E-state index in [2.05, 4.69) is 54.9 Å². The van der Waals surface area contributed by atoms with Crippen LogP contribution in [-0.2, 0) is 0 Å². The van der Waals surface area contributed by atoms with Crippen molar-refractivity contribution in [3.8, 4) is 11.1 Å². The van der Waals surface area contributed by atoms with Crippen LogP contribution in [-0.4, -0.2) is 87.8 Å². The summed E-state index contributed by atoms with van der Waals surface area (Å²) in [6.45, 7) is 0. The second kappa shape index (κ2) is 6.72. The van der Waals surface area contributed by atoms with Crippen molar-refractivity contribution in [2.75, 3.05) is 0 Å². The number of benzene rings is 2. The third-order valence-electron chi connectivity index (χ3n) is 6.19. The minimum absolute atomic E-state index is 0.643. The number of hydrogen-bond donors (Lipinski definition) is 2. The zero-order chi connectivity index (χ0) is 18.5. The molecule has 0 saturated carbocycles. The normalized spacial score (nSPS) is 10.8. The number of rotatable bonds is 2. The van der Waals surface area contributed by atoms with Gasteiger partial charge in [0, 0.05) is 0 Å². The third kappa shape index (κ3) is 2.78. The fourth-order valence-electron chi connectivity index (χ4n) is 3.98. The van der Waals surface area contributed by atoms with Crippen LogP contribution in [0.2, 0.25) is 0 Å². The zero-order valence-electron chi connectivity index (χ0n) is 16.5. The van der Waals surface area contributed by atoms with Crippen LogP contribution in [0.5, 0.6) is 0 Å². The second-order valence-electron chi connectivity index (χ2n) is 7.16. The van der Waals surface area contributed by atoms with E-state index in [1.165, 1.54) is 38.4 Å². The molecule has 0 unspecified atom stereocenters. The highest BCUT2D eigenvalue weighted by molar-refractivity contribution is 6.77. The molecule has 2 rings (SSSR count). The Kier molecular flexibility index (Phi) is 5.42. The molecule has 2 aromatic rings. The fraction of sp³-hybridized carbons (Fsp3) is 0. The topological polar surface area (TPSA) is 40.5 Å². The predicted octanol–water partition coefficient (Wildman–Crippen LogP) is -14.6. The fourth-order valence-corrected chi connectivity index (χ4v) is 3.98. The Morgan fingerprint density at radius 2 is 0.667 bits per heavy atom. The van der Waals surface area contributed by atoms with Crippen molar-refractivity contribution in [1.29, 1.82) is 0 Å². The molecular weight excluding hydrogens is 284 g/mol. The van der Waals surface area contributed by atoms with Gasteiger partial charge in [-0.1, -0.05) is 32.8 Å². The van der Waals surface area contributed by atoms with Crippen LogP contribution in [0.3, 0.4) is 0 Å². The zero-order valence-corrected chi connectivity index (χ0v) is 16.5. The molecule has 0 aliphatic heterocycles. The first-order valence-electron chi connectivity index (χ1n) is 8.56. The summed E-state index contributed by atoms with van der Waals surface area (Å²) in [5.41, 5.74) is 14.1. The standard InChI is InChI=1S/C12H20B10O2/c13-3-1(4(14)8(18)9(19)7(3)17)2-5(15)10(20)12(22(23)24)11(21)6(2)16/h23-24H,13-21H2. The summed E-state index contributed by atoms with van der Waals surface area (Å²) in [7, 11) is 17.7. The highest BCUT2D eigenvalue weighted by atomic mass is 16.4. The second-order valence-corrected chi connectivity index (χ2v) is 7.16. The predicted molar refractivity (Wildman–Crippen MR) is 135 cm³/mol. The summed E-state index contributed by atoms with van der Waals surface area (Å²) in [6, 6.07) is 0. The van der Waals surface area contributed by atoms with E-state index < -0.39 is 7.12 Å². The lowest BCUT2D eigenvalue weighted by Crippen LogP contribution is -2.63. The van der Waals surface area contributed by atoms with Gasteiger partial charge in [0.05, 0.1) is 0 Å². The Balaban J connectivity index is 3.01. The summed E-state index contributed by atoms with van der Waals surface area (Å²) < 4.78 is 0. The molecule has 0 aromatic heterocycles. The highest BCUT2D eigenvalue weighted by Crippen LogP contribution is 2.05. The molecular formula is C12H20B10O2. The Bertz CT molecular complexity index is 791. The monoisotopic (exact) mass is 306 g/mol. The molecule has 0 atom stereocenters. The summed E-state index contributed by atoms with van der Waals surface area (Å²) >= 11 is 0. The third-order valence-corrected chi connectivity index (χ3v) is 6.19. The van der Waals surface area contributed by atoms with Crippen LogP contribution in [0.1, 0.15) is 0 Å². The summed E-state index contributed by atoms with van der Waals surface area (Å²) in [5, 5.41) is 19.6. The van der Waals surface area contributed by atoms with Crippen LogP contribution in [0.15, 0.2) is 0 Å². The smallest absolute Gasteiger partial charge is 0.423 e. The van der Waals surface area contributed by atoms with Gasteiger partial charge in [-0.15, -0.1) is 16.4 Å². The minimum atomic E-state index is -1.43. The first-order chi connectivity index (χ1) is 11.0. The summed E-state index contributed by atoms with van der Waals surface area (Å²) in [6.07, 6.45) is 0. The molecule has 0 aliphatic carbocycles. The lowest BCUT2D eigenvalue weighted by atomic mass is 9.53. The van der Waals surface area contributed by atoms with Crippen LogP contribution in [0.4, 0.5) is 0 Å². The maximum atomic E-state index is 9.79. The maximum absolute atomic E-state index is 9.79. The molecule has 0 fully saturated rings. The van der Waals surface area contributed by atoms with Crippen molar-refractivity contribution in [2.45, 2.75) is 0 Å². The molecule has 0 spiro atoms. The van der Waals surface area contributed by atoms with E-state index in [9.17, 15) is 10.0 Å². The molecule has 2 nitrogen and oxygen atoms in total. The molecule has 0 saturated heterocycles. The van der Waals surface area contributed by atoms with Crippen molar-refractivity contribution in [3.05, 3.63) is 0 Å². The van der Waals surface area contributed by atoms with Crippen LogP contribution in [0.25, 0.3) is 11.1 Å². The lowest BCUT2D eigenvalue weighted by Gasteiger charge is -2.27. The Morgan fingerprint density at radius 3 is 0.958 bits per heavy atom. The highest BCUT2D eigenvalue weighted by Gasteiger charge is 2.24. The van der Waals surface area contributed by atoms with E-state index in [4.69, 9.17) is 0 Å². The van der Waals surface area contributed by atoms with Crippen molar-refractivity contribution >= 4 is 132 Å². The summed E-state index contributed by atoms with van der Waals surface area (Å²) in [4.78, 5) is 0. The van der Waals surface area contributed by atoms with Crippen LogP contribution >= 0.6 is 0 Å². The Morgan fingerprint density at radius 1 is 0.417 bits per heavy atom. The van der Waals surface area contributed by atoms with Crippen LogP contribution in [0, 0.1) is 0 Å². The van der Waals surface area contributed by atoms with Gasteiger partial charge in [0.15, 0.2) is 0 Å². The quantitative estimate of drug-likeness (QED) is 0.541. The van der Waals surface area contributed by atoms with E-state index >= 15 is 0 Å². The van der Waals surface area contributed by atoms with Crippen molar-refractivity contribution in [2.24, 2.45) is 0 Å². The van der Waals surface area contributed by atoms with E-state index in [0.29, 0.717) is 5.46 Å². The molecule has 110 valence electrons. The Labute approximate surface area is 153 Å². The van der Waals surface area contributed by atoms with Crippen molar-refractivity contribution < 1.29 is 10.0 Å². The van der Waals surface area contributed by atoms with Gasteiger partial charge >= 0.3 is 7.12 Å².